The molecule has 1 saturated carbocycles. The standard InChI is InChI=1S/C24H27N5O2/c30-24(8-2-1-3-9-24)10-6-18-4-5-21(29-12-14-31-15-13-29)20(16-18)28-23-19-7-11-25-22(19)26-17-27-23/h4-5,7,11,16-17,30H,1-3,8-9,12-15H2,(H2,25,26,27,28). The second-order valence-electron chi connectivity index (χ2n) is 8.26. The first kappa shape index (κ1) is 19.9. The molecule has 0 unspecified atom stereocenters. The lowest BCUT2D eigenvalue weighted by molar-refractivity contribution is 0.0610. The van der Waals surface area contributed by atoms with Gasteiger partial charge in [0.2, 0.25) is 0 Å². The van der Waals surface area contributed by atoms with Crippen LogP contribution in [0.25, 0.3) is 11.0 Å². The number of nitrogens with one attached hydrogen (secondary N) is 2. The fourth-order valence-electron chi connectivity index (χ4n) is 4.34. The molecule has 3 heterocycles. The number of aromatic nitrogens is 3. The number of aliphatic hydroxyl groups is 1. The number of rotatable bonds is 3. The van der Waals surface area contributed by atoms with Gasteiger partial charge in [0.25, 0.3) is 0 Å². The van der Waals surface area contributed by atoms with Gasteiger partial charge in [-0.05, 0) is 49.9 Å². The van der Waals surface area contributed by atoms with Crippen LogP contribution in [0.5, 0.6) is 0 Å². The quantitative estimate of drug-likeness (QED) is 0.565. The Balaban J connectivity index is 1.50. The van der Waals surface area contributed by atoms with E-state index in [1.807, 2.05) is 24.4 Å². The first-order valence-corrected chi connectivity index (χ1v) is 11.0. The van der Waals surface area contributed by atoms with Gasteiger partial charge in [0, 0.05) is 24.8 Å². The molecule has 160 valence electrons. The Labute approximate surface area is 181 Å². The van der Waals surface area contributed by atoms with Crippen LogP contribution in [0.15, 0.2) is 36.8 Å². The minimum Gasteiger partial charge on any atom is -0.378 e. The van der Waals surface area contributed by atoms with Gasteiger partial charge in [0.1, 0.15) is 23.4 Å². The van der Waals surface area contributed by atoms with Gasteiger partial charge in [0.15, 0.2) is 0 Å². The molecule has 0 amide bonds. The summed E-state index contributed by atoms with van der Waals surface area (Å²) in [7, 11) is 0. The highest BCUT2D eigenvalue weighted by Crippen LogP contribution is 2.32. The van der Waals surface area contributed by atoms with Crippen LogP contribution in [0.4, 0.5) is 17.2 Å². The van der Waals surface area contributed by atoms with Crippen molar-refractivity contribution in [3.05, 3.63) is 42.4 Å². The number of anilines is 3. The number of nitrogens with zero attached hydrogens (tertiary/aromatic N) is 3. The largest absolute Gasteiger partial charge is 0.378 e. The fourth-order valence-corrected chi connectivity index (χ4v) is 4.34. The van der Waals surface area contributed by atoms with Gasteiger partial charge in [0.05, 0.1) is 30.0 Å². The minimum atomic E-state index is -0.862. The monoisotopic (exact) mass is 417 g/mol. The second kappa shape index (κ2) is 8.58. The van der Waals surface area contributed by atoms with Crippen LogP contribution in [-0.2, 0) is 4.74 Å². The van der Waals surface area contributed by atoms with Crippen LogP contribution in [-0.4, -0.2) is 52.0 Å². The maximum atomic E-state index is 10.8. The maximum Gasteiger partial charge on any atom is 0.143 e. The van der Waals surface area contributed by atoms with E-state index in [-0.39, 0.29) is 0 Å². The molecule has 3 aromatic rings. The highest BCUT2D eigenvalue weighted by Gasteiger charge is 2.26. The summed E-state index contributed by atoms with van der Waals surface area (Å²) in [5.41, 5.74) is 2.83. The summed E-state index contributed by atoms with van der Waals surface area (Å²) < 4.78 is 5.53. The van der Waals surface area contributed by atoms with Crippen LogP contribution >= 0.6 is 0 Å². The van der Waals surface area contributed by atoms with E-state index in [1.165, 1.54) is 6.42 Å². The summed E-state index contributed by atoms with van der Waals surface area (Å²) in [5, 5.41) is 15.2. The average Bonchev–Trinajstić information content (AvgIpc) is 3.29. The molecule has 3 N–H and O–H groups in total. The zero-order valence-corrected chi connectivity index (χ0v) is 17.5. The van der Waals surface area contributed by atoms with Gasteiger partial charge in [-0.25, -0.2) is 9.97 Å². The third-order valence-corrected chi connectivity index (χ3v) is 6.08. The Bertz CT molecular complexity index is 1120. The Morgan fingerprint density at radius 1 is 1.10 bits per heavy atom. The molecule has 0 bridgehead atoms. The van der Waals surface area contributed by atoms with Crippen molar-refractivity contribution in [1.82, 2.24) is 15.0 Å². The highest BCUT2D eigenvalue weighted by molar-refractivity contribution is 5.90. The highest BCUT2D eigenvalue weighted by atomic mass is 16.5. The summed E-state index contributed by atoms with van der Waals surface area (Å²) >= 11 is 0. The van der Waals surface area contributed by atoms with Crippen molar-refractivity contribution >= 4 is 28.2 Å². The van der Waals surface area contributed by atoms with Crippen molar-refractivity contribution in [1.29, 1.82) is 0 Å². The van der Waals surface area contributed by atoms with E-state index in [9.17, 15) is 5.11 Å². The molecule has 7 heteroatoms. The summed E-state index contributed by atoms with van der Waals surface area (Å²) in [6, 6.07) is 8.14. The lowest BCUT2D eigenvalue weighted by atomic mass is 9.85. The molecule has 1 aliphatic heterocycles. The Hall–Kier alpha value is -3.08. The van der Waals surface area contributed by atoms with Crippen LogP contribution < -0.4 is 10.2 Å². The van der Waals surface area contributed by atoms with Crippen molar-refractivity contribution in [3.63, 3.8) is 0 Å². The van der Waals surface area contributed by atoms with Crippen molar-refractivity contribution < 1.29 is 9.84 Å². The van der Waals surface area contributed by atoms with Crippen molar-refractivity contribution in [3.8, 4) is 11.8 Å². The summed E-state index contributed by atoms with van der Waals surface area (Å²) in [4.78, 5) is 14.2. The predicted molar refractivity (Wildman–Crippen MR) is 122 cm³/mol. The lowest BCUT2D eigenvalue weighted by Gasteiger charge is -2.31. The van der Waals surface area contributed by atoms with Crippen LogP contribution in [0.3, 0.4) is 0 Å². The topological polar surface area (TPSA) is 86.3 Å². The molecular formula is C24H27N5O2. The normalized spacial score (nSPS) is 18.4. The molecule has 2 aliphatic rings. The molecule has 7 nitrogen and oxygen atoms in total. The first-order valence-electron chi connectivity index (χ1n) is 11.0. The molecule has 2 aromatic heterocycles. The van der Waals surface area contributed by atoms with Gasteiger partial charge in [-0.3, -0.25) is 0 Å². The number of H-pyrrole nitrogens is 1. The third kappa shape index (κ3) is 4.36. The van der Waals surface area contributed by atoms with E-state index < -0.39 is 5.60 Å². The molecule has 31 heavy (non-hydrogen) atoms. The fraction of sp³-hybridized carbons (Fsp3) is 0.417. The second-order valence-corrected chi connectivity index (χ2v) is 8.26. The number of hydrogen-bond acceptors (Lipinski definition) is 6. The van der Waals surface area contributed by atoms with Crippen LogP contribution in [0, 0.1) is 11.8 Å². The molecule has 0 radical (unpaired) electrons. The van der Waals surface area contributed by atoms with Crippen LogP contribution in [0.1, 0.15) is 37.7 Å². The van der Waals surface area contributed by atoms with Crippen molar-refractivity contribution in [2.24, 2.45) is 0 Å². The summed E-state index contributed by atoms with van der Waals surface area (Å²) in [5.74, 6) is 7.11. The van der Waals surface area contributed by atoms with E-state index >= 15 is 0 Å². The van der Waals surface area contributed by atoms with Gasteiger partial charge in [-0.1, -0.05) is 18.3 Å². The summed E-state index contributed by atoms with van der Waals surface area (Å²) in [6.07, 6.45) is 8.17. The minimum absolute atomic E-state index is 0.712. The van der Waals surface area contributed by atoms with Gasteiger partial charge < -0.3 is 25.0 Å². The SMILES string of the molecule is OC1(C#Cc2ccc(N3CCOCC3)c(Nc3ncnc4[nH]ccc34)c2)CCCCC1. The van der Waals surface area contributed by atoms with Crippen molar-refractivity contribution in [2.45, 2.75) is 37.7 Å². The number of ether oxygens (including phenoxy) is 1. The molecule has 1 aliphatic carbocycles. The zero-order valence-electron chi connectivity index (χ0n) is 17.5. The average molecular weight is 418 g/mol. The molecule has 2 fully saturated rings. The van der Waals surface area contributed by atoms with E-state index in [2.05, 4.69) is 43.1 Å². The van der Waals surface area contributed by atoms with E-state index in [4.69, 9.17) is 4.74 Å². The molecule has 1 saturated heterocycles. The zero-order chi connectivity index (χ0) is 21.1. The molecule has 0 spiro atoms. The van der Waals surface area contributed by atoms with E-state index in [0.717, 1.165) is 72.6 Å². The van der Waals surface area contributed by atoms with Crippen LogP contribution in [0.2, 0.25) is 0 Å². The number of morpholine rings is 1. The van der Waals surface area contributed by atoms with E-state index in [1.54, 1.807) is 6.33 Å². The smallest absolute Gasteiger partial charge is 0.143 e. The molecular weight excluding hydrogens is 390 g/mol. The molecule has 1 aromatic carbocycles. The molecule has 0 atom stereocenters. The number of hydrogen-bond donors (Lipinski definition) is 3. The third-order valence-electron chi connectivity index (χ3n) is 6.08. The number of benzene rings is 1. The number of aromatic amines is 1. The molecule has 5 rings (SSSR count). The first-order chi connectivity index (χ1) is 15.2. The van der Waals surface area contributed by atoms with Gasteiger partial charge in [-0.15, -0.1) is 0 Å². The Kier molecular flexibility index (Phi) is 5.49. The summed E-state index contributed by atoms with van der Waals surface area (Å²) in [6.45, 7) is 3.10. The maximum absolute atomic E-state index is 10.8. The van der Waals surface area contributed by atoms with Gasteiger partial charge in [-0.2, -0.15) is 0 Å². The van der Waals surface area contributed by atoms with Gasteiger partial charge >= 0.3 is 0 Å². The number of fused-ring (bicyclic) bond motifs is 1. The Morgan fingerprint density at radius 3 is 2.77 bits per heavy atom. The van der Waals surface area contributed by atoms with Crippen molar-refractivity contribution in [2.75, 3.05) is 36.5 Å². The Morgan fingerprint density at radius 2 is 1.94 bits per heavy atom. The lowest BCUT2D eigenvalue weighted by Crippen LogP contribution is -2.36. The van der Waals surface area contributed by atoms with E-state index in [0.29, 0.717) is 13.2 Å². The predicted octanol–water partition coefficient (Wildman–Crippen LogP) is 3.58.